The molecule has 2 heterocycles. The smallest absolute Gasteiger partial charge is 0.331 e. The number of carbonyl (C=O) groups excluding carboxylic acids is 3. The number of furan rings is 1. The Morgan fingerprint density at radius 1 is 1.16 bits per heavy atom. The Hall–Kier alpha value is -2.57. The van der Waals surface area contributed by atoms with Crippen molar-refractivity contribution in [2.24, 2.45) is 0 Å². The third kappa shape index (κ3) is 3.31. The molecule has 1 saturated heterocycles. The van der Waals surface area contributed by atoms with Crippen molar-refractivity contribution in [1.29, 1.82) is 0 Å². The van der Waals surface area contributed by atoms with Crippen molar-refractivity contribution < 1.29 is 18.8 Å². The lowest BCUT2D eigenvalue weighted by molar-refractivity contribution is -0.129. The first-order valence-electron chi connectivity index (χ1n) is 7.35. The van der Waals surface area contributed by atoms with Crippen molar-refractivity contribution in [3.63, 3.8) is 0 Å². The number of hydrogen-bond donors (Lipinski definition) is 1. The maximum atomic E-state index is 12.2. The zero-order valence-electron chi connectivity index (χ0n) is 13.0. The highest BCUT2D eigenvalue weighted by molar-refractivity contribution is 6.36. The summed E-state index contributed by atoms with van der Waals surface area (Å²) in [6, 6.07) is 7.49. The van der Waals surface area contributed by atoms with Crippen LogP contribution in [0.15, 0.2) is 40.3 Å². The van der Waals surface area contributed by atoms with E-state index < -0.39 is 17.8 Å². The van der Waals surface area contributed by atoms with Gasteiger partial charge < -0.3 is 4.42 Å². The number of benzene rings is 1. The molecular weight excluding hydrogens is 367 g/mol. The number of imide groups is 2. The van der Waals surface area contributed by atoms with Gasteiger partial charge in [-0.05, 0) is 43.3 Å². The molecule has 0 spiro atoms. The van der Waals surface area contributed by atoms with Gasteiger partial charge in [0.2, 0.25) is 0 Å². The van der Waals surface area contributed by atoms with E-state index in [0.29, 0.717) is 21.4 Å². The molecule has 1 aliphatic rings. The molecule has 0 atom stereocenters. The fraction of sp³-hybridized carbons (Fsp3) is 0.118. The highest BCUT2D eigenvalue weighted by Crippen LogP contribution is 2.32. The van der Waals surface area contributed by atoms with Gasteiger partial charge in [0.1, 0.15) is 17.1 Å². The van der Waals surface area contributed by atoms with Gasteiger partial charge in [-0.1, -0.05) is 23.2 Å². The van der Waals surface area contributed by atoms with Gasteiger partial charge >= 0.3 is 6.03 Å². The predicted molar refractivity (Wildman–Crippen MR) is 93.1 cm³/mol. The van der Waals surface area contributed by atoms with Crippen LogP contribution >= 0.6 is 23.2 Å². The van der Waals surface area contributed by atoms with Gasteiger partial charge in [0.25, 0.3) is 11.8 Å². The third-order valence-corrected chi connectivity index (χ3v) is 4.16. The molecule has 2 aromatic rings. The van der Waals surface area contributed by atoms with Gasteiger partial charge in [-0.15, -0.1) is 0 Å². The van der Waals surface area contributed by atoms with Gasteiger partial charge in [-0.25, -0.2) is 4.79 Å². The molecule has 0 bridgehead atoms. The Morgan fingerprint density at radius 2 is 1.92 bits per heavy atom. The number of rotatable bonds is 3. The molecule has 8 heteroatoms. The predicted octanol–water partition coefficient (Wildman–Crippen LogP) is 3.74. The number of nitrogens with zero attached hydrogens (tertiary/aromatic N) is 1. The van der Waals surface area contributed by atoms with E-state index in [9.17, 15) is 14.4 Å². The summed E-state index contributed by atoms with van der Waals surface area (Å²) in [5, 5.41) is 3.03. The van der Waals surface area contributed by atoms with E-state index in [-0.39, 0.29) is 17.9 Å². The lowest BCUT2D eigenvalue weighted by Crippen LogP contribution is -2.53. The van der Waals surface area contributed by atoms with Crippen LogP contribution < -0.4 is 5.32 Å². The average molecular weight is 379 g/mol. The molecule has 1 fully saturated rings. The number of carbonyl (C=O) groups is 3. The van der Waals surface area contributed by atoms with E-state index in [1.54, 1.807) is 37.3 Å². The molecule has 4 amide bonds. The molecular formula is C17H12Cl2N2O4. The summed E-state index contributed by atoms with van der Waals surface area (Å²) in [6.07, 6.45) is 1.29. The molecule has 1 aromatic carbocycles. The van der Waals surface area contributed by atoms with Crippen LogP contribution in [0.25, 0.3) is 17.4 Å². The highest BCUT2D eigenvalue weighted by Gasteiger charge is 2.34. The van der Waals surface area contributed by atoms with Crippen molar-refractivity contribution in [2.75, 3.05) is 6.54 Å². The Morgan fingerprint density at radius 3 is 2.60 bits per heavy atom. The van der Waals surface area contributed by atoms with E-state index in [4.69, 9.17) is 27.6 Å². The molecule has 0 radical (unpaired) electrons. The first kappa shape index (κ1) is 17.3. The first-order chi connectivity index (χ1) is 11.9. The van der Waals surface area contributed by atoms with Crippen molar-refractivity contribution in [1.82, 2.24) is 10.2 Å². The molecule has 0 unspecified atom stereocenters. The van der Waals surface area contributed by atoms with Crippen LogP contribution in [-0.2, 0) is 9.59 Å². The SMILES string of the molecule is CCN1C(=O)NC(=O)/C(=C\c2ccc(-c3ccc(Cl)cc3Cl)o2)C1=O. The number of halogens is 2. The molecule has 6 nitrogen and oxygen atoms in total. The zero-order valence-corrected chi connectivity index (χ0v) is 14.5. The number of nitrogens with one attached hydrogen (secondary N) is 1. The van der Waals surface area contributed by atoms with Crippen LogP contribution in [0.3, 0.4) is 0 Å². The maximum absolute atomic E-state index is 12.2. The molecule has 0 saturated carbocycles. The van der Waals surface area contributed by atoms with Crippen molar-refractivity contribution in [2.45, 2.75) is 6.92 Å². The van der Waals surface area contributed by atoms with Crippen LogP contribution in [0.4, 0.5) is 4.79 Å². The fourth-order valence-electron chi connectivity index (χ4n) is 2.39. The molecule has 3 rings (SSSR count). The molecule has 25 heavy (non-hydrogen) atoms. The summed E-state index contributed by atoms with van der Waals surface area (Å²) >= 11 is 12.0. The second-order valence-electron chi connectivity index (χ2n) is 5.19. The molecule has 1 aromatic heterocycles. The zero-order chi connectivity index (χ0) is 18.1. The van der Waals surface area contributed by atoms with Crippen LogP contribution in [0, 0.1) is 0 Å². The third-order valence-electron chi connectivity index (χ3n) is 3.61. The maximum Gasteiger partial charge on any atom is 0.331 e. The average Bonchev–Trinajstić information content (AvgIpc) is 3.00. The quantitative estimate of drug-likeness (QED) is 0.651. The number of likely N-dealkylation sites (N-methyl/N-ethyl adjacent to an activating group) is 1. The number of amides is 4. The van der Waals surface area contributed by atoms with Crippen LogP contribution in [-0.4, -0.2) is 29.3 Å². The molecule has 0 aliphatic carbocycles. The summed E-state index contributed by atoms with van der Waals surface area (Å²) in [7, 11) is 0. The molecule has 1 aliphatic heterocycles. The van der Waals surface area contributed by atoms with Crippen molar-refractivity contribution in [3.8, 4) is 11.3 Å². The van der Waals surface area contributed by atoms with Crippen molar-refractivity contribution >= 4 is 47.1 Å². The van der Waals surface area contributed by atoms with Gasteiger partial charge in [0, 0.05) is 17.1 Å². The van der Waals surface area contributed by atoms with E-state index in [1.807, 2.05) is 0 Å². The van der Waals surface area contributed by atoms with Gasteiger partial charge in [0.15, 0.2) is 0 Å². The lowest BCUT2D eigenvalue weighted by Gasteiger charge is -2.24. The summed E-state index contributed by atoms with van der Waals surface area (Å²) in [5.41, 5.74) is 0.449. The van der Waals surface area contributed by atoms with Gasteiger partial charge in [-0.3, -0.25) is 19.8 Å². The monoisotopic (exact) mass is 378 g/mol. The van der Waals surface area contributed by atoms with E-state index in [2.05, 4.69) is 5.32 Å². The van der Waals surface area contributed by atoms with Crippen molar-refractivity contribution in [3.05, 3.63) is 51.7 Å². The van der Waals surface area contributed by atoms with Crippen LogP contribution in [0.1, 0.15) is 12.7 Å². The summed E-state index contributed by atoms with van der Waals surface area (Å²) < 4.78 is 5.65. The minimum atomic E-state index is -0.762. The Labute approximate surface area is 153 Å². The van der Waals surface area contributed by atoms with Crippen LogP contribution in [0.5, 0.6) is 0 Å². The second kappa shape index (κ2) is 6.74. The standard InChI is InChI=1S/C17H12Cl2N2O4/c1-2-21-16(23)12(15(22)20-17(21)24)8-10-4-6-14(25-10)11-5-3-9(18)7-13(11)19/h3-8H,2H2,1H3,(H,20,22,24)/b12-8+. The Bertz CT molecular complexity index is 917. The Kier molecular flexibility index (Phi) is 4.65. The summed E-state index contributed by atoms with van der Waals surface area (Å²) in [4.78, 5) is 36.7. The minimum Gasteiger partial charge on any atom is -0.457 e. The lowest BCUT2D eigenvalue weighted by atomic mass is 10.1. The largest absolute Gasteiger partial charge is 0.457 e. The first-order valence-corrected chi connectivity index (χ1v) is 8.10. The highest BCUT2D eigenvalue weighted by atomic mass is 35.5. The summed E-state index contributed by atoms with van der Waals surface area (Å²) in [5.74, 6) is -0.688. The number of urea groups is 1. The molecule has 128 valence electrons. The topological polar surface area (TPSA) is 79.6 Å². The van der Waals surface area contributed by atoms with E-state index >= 15 is 0 Å². The minimum absolute atomic E-state index is 0.152. The van der Waals surface area contributed by atoms with Gasteiger partial charge in [-0.2, -0.15) is 0 Å². The fourth-order valence-corrected chi connectivity index (χ4v) is 2.89. The number of hydrogen-bond acceptors (Lipinski definition) is 4. The number of barbiturate groups is 1. The van der Waals surface area contributed by atoms with Gasteiger partial charge in [0.05, 0.1) is 5.02 Å². The second-order valence-corrected chi connectivity index (χ2v) is 6.04. The normalized spacial score (nSPS) is 16.5. The van der Waals surface area contributed by atoms with Crippen LogP contribution in [0.2, 0.25) is 10.0 Å². The van der Waals surface area contributed by atoms with E-state index in [0.717, 1.165) is 4.90 Å². The summed E-state index contributed by atoms with van der Waals surface area (Å²) in [6.45, 7) is 1.79. The molecule has 1 N–H and O–H groups in total. The van der Waals surface area contributed by atoms with E-state index in [1.165, 1.54) is 6.08 Å². The Balaban J connectivity index is 1.94.